The maximum absolute atomic E-state index is 12.5. The first-order valence-electron chi connectivity index (χ1n) is 9.66. The molecular weight excluding hydrogens is 320 g/mol. The summed E-state index contributed by atoms with van der Waals surface area (Å²) in [6, 6.07) is -0.139. The molecule has 0 unspecified atom stereocenters. The van der Waals surface area contributed by atoms with E-state index in [4.69, 9.17) is 0 Å². The molecule has 1 saturated carbocycles. The Hall–Kier alpha value is -1.40. The molecule has 0 aromatic rings. The first-order valence-corrected chi connectivity index (χ1v) is 9.66. The zero-order valence-corrected chi connectivity index (χ0v) is 15.1. The number of aliphatic carboxylic acids is 1. The quantitative estimate of drug-likeness (QED) is 0.591. The zero-order valence-electron chi connectivity index (χ0n) is 15.1. The average Bonchev–Trinajstić information content (AvgIpc) is 3.07. The van der Waals surface area contributed by atoms with Crippen LogP contribution in [0.2, 0.25) is 0 Å². The maximum Gasteiger partial charge on any atom is 0.352 e. The summed E-state index contributed by atoms with van der Waals surface area (Å²) in [6.07, 6.45) is 4.81. The Morgan fingerprint density at radius 3 is 2.56 bits per heavy atom. The number of hydrogen-bond donors (Lipinski definition) is 2. The Morgan fingerprint density at radius 1 is 1.28 bits per heavy atom. The SMILES string of the molecule is C[C@@H](O)[C@H]1C(=O)N2C(C(=O)O)=C3[C@@H](C[N+]4(C)CCCC4)CCC[C@@H]3[C@H]12. The molecule has 0 bridgehead atoms. The van der Waals surface area contributed by atoms with Gasteiger partial charge in [0.15, 0.2) is 0 Å². The first kappa shape index (κ1) is 17.0. The van der Waals surface area contributed by atoms with E-state index in [0.717, 1.165) is 35.9 Å². The van der Waals surface area contributed by atoms with Gasteiger partial charge in [-0.15, -0.1) is 0 Å². The fraction of sp³-hybridized carbons (Fsp3) is 0.789. The minimum absolute atomic E-state index is 0.122. The first-order chi connectivity index (χ1) is 11.8. The molecule has 1 amide bonds. The molecule has 0 aromatic carbocycles. The van der Waals surface area contributed by atoms with Gasteiger partial charge in [-0.3, -0.25) is 4.79 Å². The van der Waals surface area contributed by atoms with Gasteiger partial charge in [-0.05, 0) is 25.3 Å². The van der Waals surface area contributed by atoms with Crippen LogP contribution in [0.1, 0.15) is 39.0 Å². The van der Waals surface area contributed by atoms with Gasteiger partial charge in [0.1, 0.15) is 5.70 Å². The molecule has 6 nitrogen and oxygen atoms in total. The lowest BCUT2D eigenvalue weighted by molar-refractivity contribution is -0.900. The standard InChI is InChI=1S/C19H28N2O4/c1-11(22)14-16-13-7-5-6-12(10-21(2)8-3-4-9-21)15(13)17(19(24)25)20(16)18(14)23/h11-14,16,22H,3-10H2,1-2H3/p+1/t11-,12-,13+,14-,16-/m1/s1. The van der Waals surface area contributed by atoms with Gasteiger partial charge < -0.3 is 19.6 Å². The van der Waals surface area contributed by atoms with Crippen molar-refractivity contribution in [2.45, 2.75) is 51.2 Å². The molecule has 0 radical (unpaired) electrons. The van der Waals surface area contributed by atoms with E-state index in [1.54, 1.807) is 6.92 Å². The molecule has 3 heterocycles. The number of aliphatic hydroxyl groups excluding tert-OH is 1. The van der Waals surface area contributed by atoms with Gasteiger partial charge >= 0.3 is 5.97 Å². The summed E-state index contributed by atoms with van der Waals surface area (Å²) in [4.78, 5) is 26.0. The normalized spacial score (nSPS) is 37.6. The summed E-state index contributed by atoms with van der Waals surface area (Å²) >= 11 is 0. The highest BCUT2D eigenvalue weighted by molar-refractivity contribution is 6.00. The molecule has 3 aliphatic heterocycles. The lowest BCUT2D eigenvalue weighted by Gasteiger charge is -2.47. The summed E-state index contributed by atoms with van der Waals surface area (Å²) in [6.45, 7) is 4.96. The van der Waals surface area contributed by atoms with Gasteiger partial charge in [0, 0.05) is 24.7 Å². The number of likely N-dealkylation sites (tertiary alicyclic amines) is 1. The van der Waals surface area contributed by atoms with Crippen molar-refractivity contribution >= 4 is 11.9 Å². The Bertz CT molecular complexity index is 635. The van der Waals surface area contributed by atoms with Crippen molar-refractivity contribution in [3.8, 4) is 0 Å². The number of carboxylic acids is 1. The van der Waals surface area contributed by atoms with Crippen LogP contribution in [0.5, 0.6) is 0 Å². The molecule has 138 valence electrons. The van der Waals surface area contributed by atoms with Gasteiger partial charge in [0.05, 0.1) is 44.7 Å². The Morgan fingerprint density at radius 2 is 1.96 bits per heavy atom. The Balaban J connectivity index is 1.69. The van der Waals surface area contributed by atoms with Gasteiger partial charge in [-0.1, -0.05) is 6.42 Å². The highest BCUT2D eigenvalue weighted by atomic mass is 16.4. The number of carbonyl (C=O) groups is 2. The molecule has 0 spiro atoms. The van der Waals surface area contributed by atoms with E-state index in [9.17, 15) is 19.8 Å². The average molecular weight is 349 g/mol. The second-order valence-electron chi connectivity index (χ2n) is 8.77. The number of amides is 1. The van der Waals surface area contributed by atoms with E-state index in [0.29, 0.717) is 0 Å². The largest absolute Gasteiger partial charge is 0.477 e. The number of quaternary nitrogens is 1. The molecule has 0 aromatic heterocycles. The lowest BCUT2D eigenvalue weighted by Crippen LogP contribution is -2.64. The molecule has 4 rings (SSSR count). The van der Waals surface area contributed by atoms with Crippen LogP contribution in [-0.4, -0.2) is 70.3 Å². The highest BCUT2D eigenvalue weighted by Gasteiger charge is 2.62. The molecule has 5 atom stereocenters. The van der Waals surface area contributed by atoms with Crippen molar-refractivity contribution in [2.24, 2.45) is 17.8 Å². The smallest absolute Gasteiger partial charge is 0.352 e. The summed E-state index contributed by atoms with van der Waals surface area (Å²) in [5.74, 6) is -1.25. The van der Waals surface area contributed by atoms with E-state index in [1.165, 1.54) is 30.8 Å². The molecule has 1 aliphatic carbocycles. The van der Waals surface area contributed by atoms with Crippen molar-refractivity contribution in [1.29, 1.82) is 0 Å². The van der Waals surface area contributed by atoms with Crippen molar-refractivity contribution in [3.05, 3.63) is 11.3 Å². The summed E-state index contributed by atoms with van der Waals surface area (Å²) in [5.41, 5.74) is 1.25. The van der Waals surface area contributed by atoms with Gasteiger partial charge in [0.2, 0.25) is 5.91 Å². The van der Waals surface area contributed by atoms with Crippen LogP contribution in [0, 0.1) is 17.8 Å². The van der Waals surface area contributed by atoms with Crippen molar-refractivity contribution < 1.29 is 24.3 Å². The number of β-lactam (4-membered cyclic amide) rings is 1. The number of hydrogen-bond acceptors (Lipinski definition) is 3. The van der Waals surface area contributed by atoms with E-state index < -0.39 is 18.0 Å². The van der Waals surface area contributed by atoms with Crippen LogP contribution in [0.15, 0.2) is 11.3 Å². The van der Waals surface area contributed by atoms with Crippen LogP contribution in [-0.2, 0) is 9.59 Å². The Labute approximate surface area is 148 Å². The van der Waals surface area contributed by atoms with Gasteiger partial charge in [-0.25, -0.2) is 4.79 Å². The second-order valence-corrected chi connectivity index (χ2v) is 8.77. The third kappa shape index (κ3) is 2.45. The van der Waals surface area contributed by atoms with E-state index in [-0.39, 0.29) is 29.5 Å². The van der Waals surface area contributed by atoms with Crippen molar-refractivity contribution in [3.63, 3.8) is 0 Å². The zero-order chi connectivity index (χ0) is 17.9. The molecule has 3 fully saturated rings. The van der Waals surface area contributed by atoms with Gasteiger partial charge in [-0.2, -0.15) is 0 Å². The van der Waals surface area contributed by atoms with E-state index >= 15 is 0 Å². The number of carbonyl (C=O) groups excluding carboxylic acids is 1. The number of fused-ring (bicyclic) bond motifs is 3. The highest BCUT2D eigenvalue weighted by Crippen LogP contribution is 2.54. The van der Waals surface area contributed by atoms with Crippen molar-refractivity contribution in [1.82, 2.24) is 4.90 Å². The summed E-state index contributed by atoms with van der Waals surface area (Å²) in [7, 11) is 2.28. The number of rotatable bonds is 4. The monoisotopic (exact) mass is 349 g/mol. The molecule has 6 heteroatoms. The van der Waals surface area contributed by atoms with Crippen LogP contribution in [0.4, 0.5) is 0 Å². The minimum Gasteiger partial charge on any atom is -0.477 e. The molecule has 4 aliphatic rings. The number of nitrogens with zero attached hydrogens (tertiary/aromatic N) is 2. The topological polar surface area (TPSA) is 77.8 Å². The second kappa shape index (κ2) is 5.81. The van der Waals surface area contributed by atoms with Gasteiger partial charge in [0.25, 0.3) is 0 Å². The minimum atomic E-state index is -0.976. The lowest BCUT2D eigenvalue weighted by atomic mass is 9.69. The van der Waals surface area contributed by atoms with Crippen LogP contribution in [0.3, 0.4) is 0 Å². The predicted molar refractivity (Wildman–Crippen MR) is 91.3 cm³/mol. The summed E-state index contributed by atoms with van der Waals surface area (Å²) in [5, 5.41) is 19.9. The third-order valence-electron chi connectivity index (χ3n) is 7.05. The Kier molecular flexibility index (Phi) is 3.96. The van der Waals surface area contributed by atoms with E-state index in [2.05, 4.69) is 7.05 Å². The van der Waals surface area contributed by atoms with Crippen molar-refractivity contribution in [2.75, 3.05) is 26.7 Å². The molecule has 2 N–H and O–H groups in total. The number of aliphatic hydroxyl groups is 1. The molecule has 25 heavy (non-hydrogen) atoms. The fourth-order valence-electron chi connectivity index (χ4n) is 6.00. The van der Waals surface area contributed by atoms with E-state index in [1.807, 2.05) is 0 Å². The summed E-state index contributed by atoms with van der Waals surface area (Å²) < 4.78 is 1.02. The third-order valence-corrected chi connectivity index (χ3v) is 7.05. The molecular formula is C19H29N2O4+. The van der Waals surface area contributed by atoms with Crippen LogP contribution in [0.25, 0.3) is 0 Å². The number of carboxylic acid groups (broad SMARTS) is 1. The van der Waals surface area contributed by atoms with Crippen LogP contribution < -0.4 is 0 Å². The predicted octanol–water partition coefficient (Wildman–Crippen LogP) is 1.20. The fourth-order valence-corrected chi connectivity index (χ4v) is 6.00. The molecule has 2 saturated heterocycles. The maximum atomic E-state index is 12.5. The van der Waals surface area contributed by atoms with Crippen LogP contribution >= 0.6 is 0 Å².